The van der Waals surface area contributed by atoms with E-state index in [0.29, 0.717) is 25.3 Å². The average molecular weight is 333 g/mol. The summed E-state index contributed by atoms with van der Waals surface area (Å²) in [7, 11) is 0. The van der Waals surface area contributed by atoms with Crippen LogP contribution in [-0.2, 0) is 11.3 Å². The van der Waals surface area contributed by atoms with E-state index in [4.69, 9.17) is 10.7 Å². The Morgan fingerprint density at radius 2 is 2.00 bits per heavy atom. The van der Waals surface area contributed by atoms with Crippen LogP contribution in [0.3, 0.4) is 0 Å². The van der Waals surface area contributed by atoms with Crippen molar-refractivity contribution in [3.05, 3.63) is 54.2 Å². The predicted octanol–water partition coefficient (Wildman–Crippen LogP) is 1.81. The highest BCUT2D eigenvalue weighted by Gasteiger charge is 2.16. The molecule has 4 rings (SSSR count). The van der Waals surface area contributed by atoms with Crippen LogP contribution in [0.25, 0.3) is 22.3 Å². The maximum absolute atomic E-state index is 11.5. The van der Waals surface area contributed by atoms with Gasteiger partial charge < -0.3 is 11.1 Å². The van der Waals surface area contributed by atoms with E-state index in [2.05, 4.69) is 21.3 Å². The molecule has 0 aliphatic carbocycles. The van der Waals surface area contributed by atoms with Crippen LogP contribution >= 0.6 is 0 Å². The number of hydrogen-bond donors (Lipinski definition) is 2. The molecule has 0 spiro atoms. The second-order valence-corrected chi connectivity index (χ2v) is 6.27. The Bertz CT molecular complexity index is 940. The van der Waals surface area contributed by atoms with E-state index in [1.807, 2.05) is 36.4 Å². The molecule has 1 aromatic heterocycles. The van der Waals surface area contributed by atoms with Crippen LogP contribution in [0.4, 0.5) is 5.69 Å². The molecule has 6 heteroatoms. The molecule has 1 fully saturated rings. The lowest BCUT2D eigenvalue weighted by molar-refractivity contribution is -0.124. The van der Waals surface area contributed by atoms with E-state index in [1.54, 1.807) is 6.20 Å². The van der Waals surface area contributed by atoms with Gasteiger partial charge in [-0.3, -0.25) is 14.7 Å². The molecule has 1 aliphatic rings. The van der Waals surface area contributed by atoms with Gasteiger partial charge in [-0.2, -0.15) is 0 Å². The number of nitrogen functional groups attached to an aromatic ring is 1. The van der Waals surface area contributed by atoms with E-state index in [-0.39, 0.29) is 5.91 Å². The van der Waals surface area contributed by atoms with Crippen LogP contribution in [-0.4, -0.2) is 40.4 Å². The van der Waals surface area contributed by atoms with E-state index in [0.717, 1.165) is 34.4 Å². The number of hydrogen-bond acceptors (Lipinski definition) is 5. The van der Waals surface area contributed by atoms with Crippen molar-refractivity contribution >= 4 is 22.6 Å². The molecule has 0 bridgehead atoms. The molecule has 0 radical (unpaired) electrons. The number of nitrogens with zero attached hydrogens (tertiary/aromatic N) is 3. The van der Waals surface area contributed by atoms with Crippen LogP contribution in [0.5, 0.6) is 0 Å². The summed E-state index contributed by atoms with van der Waals surface area (Å²) in [5.41, 5.74) is 11.3. The van der Waals surface area contributed by atoms with Gasteiger partial charge in [-0.05, 0) is 35.9 Å². The van der Waals surface area contributed by atoms with Gasteiger partial charge in [0.05, 0.1) is 29.5 Å². The number of piperazine rings is 1. The fourth-order valence-electron chi connectivity index (χ4n) is 3.14. The number of amides is 1. The van der Waals surface area contributed by atoms with Gasteiger partial charge in [-0.1, -0.05) is 12.1 Å². The highest BCUT2D eigenvalue weighted by Crippen LogP contribution is 2.24. The molecule has 3 aromatic rings. The SMILES string of the molecule is Nc1cc(CN2CCNC(=O)C2)cc(-c2cnc3ccccc3n2)c1. The summed E-state index contributed by atoms with van der Waals surface area (Å²) in [6, 6.07) is 13.7. The third-order valence-corrected chi connectivity index (χ3v) is 4.28. The second kappa shape index (κ2) is 6.49. The van der Waals surface area contributed by atoms with Crippen molar-refractivity contribution in [3.63, 3.8) is 0 Å². The van der Waals surface area contributed by atoms with Gasteiger partial charge in [0.1, 0.15) is 0 Å². The molecule has 1 aliphatic heterocycles. The molecule has 2 aromatic carbocycles. The molecule has 0 unspecified atom stereocenters. The van der Waals surface area contributed by atoms with Gasteiger partial charge in [-0.15, -0.1) is 0 Å². The van der Waals surface area contributed by atoms with Crippen molar-refractivity contribution in [1.29, 1.82) is 0 Å². The zero-order valence-electron chi connectivity index (χ0n) is 13.8. The number of aromatic nitrogens is 2. The van der Waals surface area contributed by atoms with Crippen molar-refractivity contribution in [3.8, 4) is 11.3 Å². The molecule has 1 saturated heterocycles. The lowest BCUT2D eigenvalue weighted by Gasteiger charge is -2.26. The average Bonchev–Trinajstić information content (AvgIpc) is 2.61. The summed E-state index contributed by atoms with van der Waals surface area (Å²) in [5, 5.41) is 2.84. The molecule has 6 nitrogen and oxygen atoms in total. The highest BCUT2D eigenvalue weighted by atomic mass is 16.2. The molecule has 3 N–H and O–H groups in total. The first-order valence-electron chi connectivity index (χ1n) is 8.28. The quantitative estimate of drug-likeness (QED) is 0.714. The molecular formula is C19H19N5O. The van der Waals surface area contributed by atoms with Crippen molar-refractivity contribution < 1.29 is 4.79 Å². The van der Waals surface area contributed by atoms with Crippen molar-refractivity contribution in [2.24, 2.45) is 0 Å². The van der Waals surface area contributed by atoms with Gasteiger partial charge in [0.25, 0.3) is 0 Å². The molecular weight excluding hydrogens is 314 g/mol. The van der Waals surface area contributed by atoms with Crippen LogP contribution in [0.2, 0.25) is 0 Å². The summed E-state index contributed by atoms with van der Waals surface area (Å²) in [5.74, 6) is 0.0655. The van der Waals surface area contributed by atoms with Crippen LogP contribution in [0.15, 0.2) is 48.7 Å². The van der Waals surface area contributed by atoms with E-state index in [1.165, 1.54) is 0 Å². The Morgan fingerprint density at radius 3 is 2.84 bits per heavy atom. The maximum atomic E-state index is 11.5. The summed E-state index contributed by atoms with van der Waals surface area (Å²) in [6.45, 7) is 2.63. The minimum Gasteiger partial charge on any atom is -0.399 e. The standard InChI is InChI=1S/C19H19N5O/c20-15-8-13(11-24-6-5-21-19(25)12-24)7-14(9-15)18-10-22-16-3-1-2-4-17(16)23-18/h1-4,7-10H,5-6,11-12,20H2,(H,21,25). The fraction of sp³-hybridized carbons (Fsp3) is 0.211. The first kappa shape index (κ1) is 15.5. The highest BCUT2D eigenvalue weighted by molar-refractivity contribution is 5.79. The Kier molecular flexibility index (Phi) is 4.03. The molecule has 1 amide bonds. The number of para-hydroxylation sites is 2. The van der Waals surface area contributed by atoms with Crippen LogP contribution in [0.1, 0.15) is 5.56 Å². The molecule has 126 valence electrons. The summed E-state index contributed by atoms with van der Waals surface area (Å²) >= 11 is 0. The normalized spacial score (nSPS) is 15.3. The number of nitrogens with one attached hydrogen (secondary N) is 1. The lowest BCUT2D eigenvalue weighted by Crippen LogP contribution is -2.47. The van der Waals surface area contributed by atoms with Gasteiger partial charge >= 0.3 is 0 Å². The number of nitrogens with two attached hydrogens (primary N) is 1. The Labute approximate surface area is 145 Å². The van der Waals surface area contributed by atoms with Crippen LogP contribution < -0.4 is 11.1 Å². The van der Waals surface area contributed by atoms with Gasteiger partial charge in [0, 0.05) is 30.9 Å². The van der Waals surface area contributed by atoms with Gasteiger partial charge in [0.2, 0.25) is 5.91 Å². The molecule has 2 heterocycles. The second-order valence-electron chi connectivity index (χ2n) is 6.27. The smallest absolute Gasteiger partial charge is 0.234 e. The third-order valence-electron chi connectivity index (χ3n) is 4.28. The molecule has 0 saturated carbocycles. The number of rotatable bonds is 3. The Morgan fingerprint density at radius 1 is 1.16 bits per heavy atom. The number of carbonyl (C=O) groups is 1. The third kappa shape index (κ3) is 3.44. The summed E-state index contributed by atoms with van der Waals surface area (Å²) in [6.07, 6.45) is 1.77. The predicted molar refractivity (Wildman–Crippen MR) is 97.7 cm³/mol. The fourth-order valence-corrected chi connectivity index (χ4v) is 3.14. The van der Waals surface area contributed by atoms with Crippen molar-refractivity contribution in [2.75, 3.05) is 25.4 Å². The first-order valence-corrected chi connectivity index (χ1v) is 8.28. The number of fused-ring (bicyclic) bond motifs is 1. The zero-order valence-corrected chi connectivity index (χ0v) is 13.8. The Hall–Kier alpha value is -2.99. The zero-order chi connectivity index (χ0) is 17.2. The first-order chi connectivity index (χ1) is 12.2. The number of anilines is 1. The minimum atomic E-state index is 0.0655. The largest absolute Gasteiger partial charge is 0.399 e. The van der Waals surface area contributed by atoms with Crippen molar-refractivity contribution in [2.45, 2.75) is 6.54 Å². The van der Waals surface area contributed by atoms with Gasteiger partial charge in [-0.25, -0.2) is 4.98 Å². The maximum Gasteiger partial charge on any atom is 0.234 e. The lowest BCUT2D eigenvalue weighted by atomic mass is 10.1. The minimum absolute atomic E-state index is 0.0655. The van der Waals surface area contributed by atoms with Crippen LogP contribution in [0, 0.1) is 0 Å². The topological polar surface area (TPSA) is 84.1 Å². The van der Waals surface area contributed by atoms with E-state index < -0.39 is 0 Å². The summed E-state index contributed by atoms with van der Waals surface area (Å²) in [4.78, 5) is 22.8. The number of benzene rings is 2. The summed E-state index contributed by atoms with van der Waals surface area (Å²) < 4.78 is 0. The monoisotopic (exact) mass is 333 g/mol. The van der Waals surface area contributed by atoms with Gasteiger partial charge in [0.15, 0.2) is 0 Å². The molecule has 0 atom stereocenters. The van der Waals surface area contributed by atoms with Crippen molar-refractivity contribution in [1.82, 2.24) is 20.2 Å². The van der Waals surface area contributed by atoms with E-state index in [9.17, 15) is 4.79 Å². The molecule has 25 heavy (non-hydrogen) atoms. The Balaban J connectivity index is 1.65. The number of carbonyl (C=O) groups excluding carboxylic acids is 1. The van der Waals surface area contributed by atoms with E-state index >= 15 is 0 Å².